The maximum atomic E-state index is 12.7. The van der Waals surface area contributed by atoms with Crippen molar-refractivity contribution in [3.8, 4) is 0 Å². The SMILES string of the molecule is Cc1cc(C(F)(F)F)nn1[C@H](C)C(=O)N1CCC(C)CC1. The van der Waals surface area contributed by atoms with Crippen molar-refractivity contribution in [2.24, 2.45) is 5.92 Å². The Bertz CT molecular complexity index is 516. The Labute approximate surface area is 121 Å². The lowest BCUT2D eigenvalue weighted by Crippen LogP contribution is -2.41. The summed E-state index contributed by atoms with van der Waals surface area (Å²) >= 11 is 0. The molecule has 1 fully saturated rings. The Morgan fingerprint density at radius 3 is 2.43 bits per heavy atom. The summed E-state index contributed by atoms with van der Waals surface area (Å²) in [6.45, 7) is 6.59. The molecule has 0 spiro atoms. The zero-order valence-corrected chi connectivity index (χ0v) is 12.4. The summed E-state index contributed by atoms with van der Waals surface area (Å²) in [7, 11) is 0. The summed E-state index contributed by atoms with van der Waals surface area (Å²) in [6.07, 6.45) is -2.62. The molecule has 1 saturated heterocycles. The molecule has 0 bridgehead atoms. The second-order valence-corrected chi connectivity index (χ2v) is 5.80. The number of alkyl halides is 3. The zero-order valence-electron chi connectivity index (χ0n) is 12.4. The number of hydrogen-bond acceptors (Lipinski definition) is 2. The number of piperidine rings is 1. The molecule has 1 atom stereocenters. The lowest BCUT2D eigenvalue weighted by molar-refractivity contribution is -0.142. The van der Waals surface area contributed by atoms with Gasteiger partial charge in [-0.05, 0) is 38.7 Å². The van der Waals surface area contributed by atoms with Crippen LogP contribution in [-0.4, -0.2) is 33.7 Å². The summed E-state index contributed by atoms with van der Waals surface area (Å²) in [5.41, 5.74) is -0.611. The van der Waals surface area contributed by atoms with Crippen molar-refractivity contribution in [1.29, 1.82) is 0 Å². The molecule has 2 heterocycles. The molecule has 1 aromatic heterocycles. The normalized spacial score (nSPS) is 18.9. The van der Waals surface area contributed by atoms with E-state index in [2.05, 4.69) is 12.0 Å². The van der Waals surface area contributed by atoms with Crippen LogP contribution in [0.25, 0.3) is 0 Å². The molecule has 1 aliphatic heterocycles. The number of likely N-dealkylation sites (tertiary alicyclic amines) is 1. The second kappa shape index (κ2) is 5.69. The predicted molar refractivity (Wildman–Crippen MR) is 71.7 cm³/mol. The van der Waals surface area contributed by atoms with Crippen LogP contribution < -0.4 is 0 Å². The molecule has 4 nitrogen and oxygen atoms in total. The zero-order chi connectivity index (χ0) is 15.8. The Hall–Kier alpha value is -1.53. The highest BCUT2D eigenvalue weighted by atomic mass is 19.4. The van der Waals surface area contributed by atoms with Crippen LogP contribution in [0.5, 0.6) is 0 Å². The molecule has 0 aliphatic carbocycles. The second-order valence-electron chi connectivity index (χ2n) is 5.80. The first-order valence-electron chi connectivity index (χ1n) is 7.12. The largest absolute Gasteiger partial charge is 0.435 e. The van der Waals surface area contributed by atoms with Crippen molar-refractivity contribution >= 4 is 5.91 Å². The van der Waals surface area contributed by atoms with Gasteiger partial charge in [-0.2, -0.15) is 18.3 Å². The van der Waals surface area contributed by atoms with Gasteiger partial charge in [0.2, 0.25) is 5.91 Å². The minimum Gasteiger partial charge on any atom is -0.341 e. The summed E-state index contributed by atoms with van der Waals surface area (Å²) in [4.78, 5) is 14.1. The summed E-state index contributed by atoms with van der Waals surface area (Å²) in [6, 6.07) is 0.261. The van der Waals surface area contributed by atoms with E-state index in [1.54, 1.807) is 11.8 Å². The first kappa shape index (κ1) is 15.9. The fourth-order valence-corrected chi connectivity index (χ4v) is 2.62. The molecule has 118 valence electrons. The van der Waals surface area contributed by atoms with Crippen molar-refractivity contribution in [3.05, 3.63) is 17.5 Å². The Morgan fingerprint density at radius 2 is 1.95 bits per heavy atom. The fraction of sp³-hybridized carbons (Fsp3) is 0.714. The average Bonchev–Trinajstić information content (AvgIpc) is 2.80. The Balaban J connectivity index is 2.14. The molecule has 2 rings (SSSR count). The first-order valence-corrected chi connectivity index (χ1v) is 7.12. The van der Waals surface area contributed by atoms with Crippen molar-refractivity contribution < 1.29 is 18.0 Å². The highest BCUT2D eigenvalue weighted by Gasteiger charge is 2.36. The molecule has 0 unspecified atom stereocenters. The molecule has 1 amide bonds. The van der Waals surface area contributed by atoms with E-state index < -0.39 is 17.9 Å². The monoisotopic (exact) mass is 303 g/mol. The molecule has 0 radical (unpaired) electrons. The van der Waals surface area contributed by atoms with Crippen LogP contribution in [0.3, 0.4) is 0 Å². The lowest BCUT2D eigenvalue weighted by Gasteiger charge is -2.32. The Kier molecular flexibility index (Phi) is 4.30. The molecule has 0 aromatic carbocycles. The molecular weight excluding hydrogens is 283 g/mol. The van der Waals surface area contributed by atoms with E-state index in [-0.39, 0.29) is 5.91 Å². The average molecular weight is 303 g/mol. The van der Waals surface area contributed by atoms with E-state index in [9.17, 15) is 18.0 Å². The smallest absolute Gasteiger partial charge is 0.341 e. The maximum absolute atomic E-state index is 12.7. The predicted octanol–water partition coefficient (Wildman–Crippen LogP) is 3.03. The number of rotatable bonds is 2. The lowest BCUT2D eigenvalue weighted by atomic mass is 9.99. The maximum Gasteiger partial charge on any atom is 0.435 e. The molecule has 0 N–H and O–H groups in total. The van der Waals surface area contributed by atoms with Gasteiger partial charge in [-0.3, -0.25) is 9.48 Å². The number of carbonyl (C=O) groups excluding carboxylic acids is 1. The fourth-order valence-electron chi connectivity index (χ4n) is 2.62. The minimum absolute atomic E-state index is 0.165. The van der Waals surface area contributed by atoms with Crippen molar-refractivity contribution in [3.63, 3.8) is 0 Å². The van der Waals surface area contributed by atoms with E-state index in [0.717, 1.165) is 18.9 Å². The topological polar surface area (TPSA) is 38.1 Å². The number of aryl methyl sites for hydroxylation is 1. The van der Waals surface area contributed by atoms with Crippen LogP contribution in [0.2, 0.25) is 0 Å². The number of carbonyl (C=O) groups is 1. The van der Waals surface area contributed by atoms with Gasteiger partial charge in [0.25, 0.3) is 0 Å². The molecular formula is C14H20F3N3O. The molecule has 0 saturated carbocycles. The van der Waals surface area contributed by atoms with Crippen LogP contribution in [0.4, 0.5) is 13.2 Å². The van der Waals surface area contributed by atoms with Crippen molar-refractivity contribution in [2.75, 3.05) is 13.1 Å². The quantitative estimate of drug-likeness (QED) is 0.842. The van der Waals surface area contributed by atoms with E-state index >= 15 is 0 Å². The van der Waals surface area contributed by atoms with Crippen molar-refractivity contribution in [2.45, 2.75) is 45.8 Å². The van der Waals surface area contributed by atoms with Crippen molar-refractivity contribution in [1.82, 2.24) is 14.7 Å². The first-order chi connectivity index (χ1) is 9.70. The van der Waals surface area contributed by atoms with Crippen LogP contribution in [-0.2, 0) is 11.0 Å². The summed E-state index contributed by atoms with van der Waals surface area (Å²) in [5, 5.41) is 3.56. The highest BCUT2D eigenvalue weighted by Crippen LogP contribution is 2.29. The van der Waals surface area contributed by atoms with Gasteiger partial charge >= 0.3 is 6.18 Å². The van der Waals surface area contributed by atoms with Gasteiger partial charge in [-0.15, -0.1) is 0 Å². The van der Waals surface area contributed by atoms with Crippen LogP contribution in [0.15, 0.2) is 6.07 Å². The number of nitrogens with zero attached hydrogens (tertiary/aromatic N) is 3. The molecule has 1 aliphatic rings. The van der Waals surface area contributed by atoms with Gasteiger partial charge in [0.15, 0.2) is 5.69 Å². The van der Waals surface area contributed by atoms with Gasteiger partial charge < -0.3 is 4.90 Å². The number of hydrogen-bond donors (Lipinski definition) is 0. The number of aromatic nitrogens is 2. The Morgan fingerprint density at radius 1 is 1.38 bits per heavy atom. The van der Waals surface area contributed by atoms with Gasteiger partial charge in [-0.1, -0.05) is 6.92 Å². The van der Waals surface area contributed by atoms with E-state index in [4.69, 9.17) is 0 Å². The third-order valence-electron chi connectivity index (χ3n) is 4.03. The van der Waals surface area contributed by atoms with E-state index in [1.807, 2.05) is 0 Å². The third-order valence-corrected chi connectivity index (χ3v) is 4.03. The molecule has 21 heavy (non-hydrogen) atoms. The van der Waals surface area contributed by atoms with Crippen LogP contribution in [0.1, 0.15) is 44.1 Å². The molecule has 1 aromatic rings. The standard InChI is InChI=1S/C14H20F3N3O/c1-9-4-6-19(7-5-9)13(21)11(3)20-10(2)8-12(18-20)14(15,16)17/h8-9,11H,4-7H2,1-3H3/t11-/m1/s1. The van der Waals surface area contributed by atoms with Gasteiger partial charge in [0.1, 0.15) is 6.04 Å². The highest BCUT2D eigenvalue weighted by molar-refractivity contribution is 5.80. The number of halogens is 3. The van der Waals surface area contributed by atoms with Gasteiger partial charge in [0.05, 0.1) is 0 Å². The van der Waals surface area contributed by atoms with Crippen LogP contribution >= 0.6 is 0 Å². The summed E-state index contributed by atoms with van der Waals surface area (Å²) < 4.78 is 39.2. The minimum atomic E-state index is -4.49. The van der Waals surface area contributed by atoms with Gasteiger partial charge in [0, 0.05) is 18.8 Å². The summed E-state index contributed by atoms with van der Waals surface area (Å²) in [5.74, 6) is 0.425. The van der Waals surface area contributed by atoms with Gasteiger partial charge in [-0.25, -0.2) is 0 Å². The third kappa shape index (κ3) is 3.39. The molecule has 7 heteroatoms. The van der Waals surface area contributed by atoms with E-state index in [1.165, 1.54) is 11.6 Å². The van der Waals surface area contributed by atoms with Crippen LogP contribution in [0, 0.1) is 12.8 Å². The number of amides is 1. The van der Waals surface area contributed by atoms with E-state index in [0.29, 0.717) is 24.7 Å².